The van der Waals surface area contributed by atoms with E-state index in [2.05, 4.69) is 31.3 Å². The number of nitrogens with zero attached hydrogens (tertiary/aromatic N) is 1. The molecule has 0 aromatic heterocycles. The third-order valence-corrected chi connectivity index (χ3v) is 6.42. The number of carbonyl (C=O) groups excluding carboxylic acids is 1. The van der Waals surface area contributed by atoms with Gasteiger partial charge in [0.1, 0.15) is 0 Å². The van der Waals surface area contributed by atoms with E-state index < -0.39 is 0 Å². The van der Waals surface area contributed by atoms with Gasteiger partial charge >= 0.3 is 0 Å². The largest absolute Gasteiger partial charge is 0.342 e. The van der Waals surface area contributed by atoms with E-state index in [1.165, 1.54) is 5.56 Å². The van der Waals surface area contributed by atoms with E-state index in [-0.39, 0.29) is 12.0 Å². The summed E-state index contributed by atoms with van der Waals surface area (Å²) in [5.41, 5.74) is 1.54. The van der Waals surface area contributed by atoms with Crippen molar-refractivity contribution in [3.05, 3.63) is 34.9 Å². The molecule has 1 aromatic rings. The number of nitrogens with one attached hydrogen (secondary N) is 1. The van der Waals surface area contributed by atoms with Gasteiger partial charge in [-0.15, -0.1) is 0 Å². The Morgan fingerprint density at radius 2 is 1.87 bits per heavy atom. The van der Waals surface area contributed by atoms with Gasteiger partial charge in [0.2, 0.25) is 5.91 Å². The fraction of sp³-hybridized carbons (Fsp3) is 0.632. The molecule has 1 saturated carbocycles. The lowest BCUT2D eigenvalue weighted by Crippen LogP contribution is -2.41. The number of hydrogen-bond donors (Lipinski definition) is 1. The lowest BCUT2D eigenvalue weighted by atomic mass is 9.90. The van der Waals surface area contributed by atoms with Gasteiger partial charge in [0.05, 0.1) is 0 Å². The molecule has 2 fully saturated rings. The summed E-state index contributed by atoms with van der Waals surface area (Å²) in [7, 11) is 1.96. The highest BCUT2D eigenvalue weighted by Crippen LogP contribution is 2.59. The van der Waals surface area contributed by atoms with Crippen molar-refractivity contribution in [2.24, 2.45) is 11.3 Å². The minimum absolute atomic E-state index is 0.183. The Kier molecular flexibility index (Phi) is 4.70. The van der Waals surface area contributed by atoms with E-state index in [0.29, 0.717) is 17.2 Å². The zero-order chi connectivity index (χ0) is 16.6. The van der Waals surface area contributed by atoms with Crippen LogP contribution in [0.15, 0.2) is 24.3 Å². The van der Waals surface area contributed by atoms with Crippen LogP contribution < -0.4 is 5.32 Å². The SMILES string of the molecule is CC(c1ccc(Cl)cc1)C(C)N(C)C(=O)C1CC12CCNCC2. The van der Waals surface area contributed by atoms with E-state index in [0.717, 1.165) is 37.4 Å². The molecule has 1 aromatic carbocycles. The Bertz CT molecular complexity index is 565. The van der Waals surface area contributed by atoms with Crippen LogP contribution in [0.3, 0.4) is 0 Å². The number of benzene rings is 1. The molecule has 3 nitrogen and oxygen atoms in total. The van der Waals surface area contributed by atoms with E-state index in [4.69, 9.17) is 11.6 Å². The molecule has 1 heterocycles. The predicted octanol–water partition coefficient (Wildman–Crippen LogP) is 3.68. The minimum atomic E-state index is 0.183. The summed E-state index contributed by atoms with van der Waals surface area (Å²) >= 11 is 5.97. The van der Waals surface area contributed by atoms with Crippen molar-refractivity contribution in [3.8, 4) is 0 Å². The Hall–Kier alpha value is -1.06. The first-order chi connectivity index (χ1) is 10.9. The van der Waals surface area contributed by atoms with Crippen LogP contribution in [0, 0.1) is 11.3 Å². The zero-order valence-corrected chi connectivity index (χ0v) is 15.1. The molecule has 4 heteroatoms. The molecule has 1 N–H and O–H groups in total. The van der Waals surface area contributed by atoms with Crippen molar-refractivity contribution in [3.63, 3.8) is 0 Å². The number of halogens is 1. The molecule has 1 spiro atoms. The summed E-state index contributed by atoms with van der Waals surface area (Å²) in [6.45, 7) is 6.45. The lowest BCUT2D eigenvalue weighted by Gasteiger charge is -2.32. The fourth-order valence-electron chi connectivity index (χ4n) is 4.00. The van der Waals surface area contributed by atoms with Crippen LogP contribution in [-0.4, -0.2) is 37.0 Å². The molecule has 1 saturated heterocycles. The van der Waals surface area contributed by atoms with Gasteiger partial charge in [-0.2, -0.15) is 0 Å². The first kappa shape index (κ1) is 16.8. The summed E-state index contributed by atoms with van der Waals surface area (Å²) < 4.78 is 0. The number of likely N-dealkylation sites (N-methyl/N-ethyl adjacent to an activating group) is 1. The van der Waals surface area contributed by atoms with Crippen molar-refractivity contribution in [2.75, 3.05) is 20.1 Å². The maximum absolute atomic E-state index is 12.9. The summed E-state index contributed by atoms with van der Waals surface area (Å²) in [5, 5.41) is 4.15. The van der Waals surface area contributed by atoms with Crippen LogP contribution in [0.2, 0.25) is 5.02 Å². The molecule has 2 aliphatic rings. The van der Waals surface area contributed by atoms with Crippen molar-refractivity contribution >= 4 is 17.5 Å². The Balaban J connectivity index is 1.64. The van der Waals surface area contributed by atoms with Gasteiger partial charge in [0.15, 0.2) is 0 Å². The summed E-state index contributed by atoms with van der Waals surface area (Å²) in [6.07, 6.45) is 3.39. The number of piperidine rings is 1. The number of carbonyl (C=O) groups is 1. The lowest BCUT2D eigenvalue weighted by molar-refractivity contribution is -0.134. The van der Waals surface area contributed by atoms with Crippen molar-refractivity contribution in [1.82, 2.24) is 10.2 Å². The van der Waals surface area contributed by atoms with E-state index >= 15 is 0 Å². The van der Waals surface area contributed by atoms with Crippen LogP contribution in [0.5, 0.6) is 0 Å². The van der Waals surface area contributed by atoms with Gasteiger partial charge in [-0.3, -0.25) is 4.79 Å². The smallest absolute Gasteiger partial charge is 0.226 e. The van der Waals surface area contributed by atoms with Crippen LogP contribution in [0.1, 0.15) is 44.6 Å². The highest BCUT2D eigenvalue weighted by molar-refractivity contribution is 6.30. The third-order valence-electron chi connectivity index (χ3n) is 6.17. The van der Waals surface area contributed by atoms with Crippen molar-refractivity contribution in [1.29, 1.82) is 0 Å². The molecule has 126 valence electrons. The van der Waals surface area contributed by atoms with Crippen LogP contribution in [0.4, 0.5) is 0 Å². The van der Waals surface area contributed by atoms with Gasteiger partial charge in [0.25, 0.3) is 0 Å². The zero-order valence-electron chi connectivity index (χ0n) is 14.3. The topological polar surface area (TPSA) is 32.3 Å². The molecule has 3 unspecified atom stereocenters. The summed E-state index contributed by atoms with van der Waals surface area (Å²) in [4.78, 5) is 14.9. The molecule has 23 heavy (non-hydrogen) atoms. The molecule has 1 amide bonds. The van der Waals surface area contributed by atoms with Gasteiger partial charge in [-0.25, -0.2) is 0 Å². The molecule has 0 bridgehead atoms. The van der Waals surface area contributed by atoms with Gasteiger partial charge in [0, 0.05) is 29.9 Å². The maximum Gasteiger partial charge on any atom is 0.226 e. The summed E-state index contributed by atoms with van der Waals surface area (Å²) in [6, 6.07) is 8.16. The molecule has 3 rings (SSSR count). The molecular formula is C19H27ClN2O. The molecular weight excluding hydrogens is 308 g/mol. The second-order valence-corrected chi connectivity index (χ2v) is 7.84. The summed E-state index contributed by atoms with van der Waals surface area (Å²) in [5.74, 6) is 0.874. The average molecular weight is 335 g/mol. The quantitative estimate of drug-likeness (QED) is 0.911. The highest BCUT2D eigenvalue weighted by atomic mass is 35.5. The number of rotatable bonds is 4. The van der Waals surface area contributed by atoms with E-state index in [9.17, 15) is 4.79 Å². The molecule has 1 aliphatic heterocycles. The fourth-order valence-corrected chi connectivity index (χ4v) is 4.13. The Labute approximate surface area is 144 Å². The van der Waals surface area contributed by atoms with Crippen molar-refractivity contribution in [2.45, 2.75) is 45.1 Å². The highest BCUT2D eigenvalue weighted by Gasteiger charge is 2.58. The molecule has 1 aliphatic carbocycles. The Morgan fingerprint density at radius 1 is 1.26 bits per heavy atom. The first-order valence-electron chi connectivity index (χ1n) is 8.67. The van der Waals surface area contributed by atoms with Gasteiger partial charge < -0.3 is 10.2 Å². The third kappa shape index (κ3) is 3.27. The maximum atomic E-state index is 12.9. The standard InChI is InChI=1S/C19H27ClN2O/c1-13(15-4-6-16(20)7-5-15)14(2)22(3)18(23)17-12-19(17)8-10-21-11-9-19/h4-7,13-14,17,21H,8-12H2,1-3H3. The van der Waals surface area contributed by atoms with Gasteiger partial charge in [-0.1, -0.05) is 30.7 Å². The second-order valence-electron chi connectivity index (χ2n) is 7.40. The van der Waals surface area contributed by atoms with Gasteiger partial charge in [-0.05, 0) is 62.4 Å². The van der Waals surface area contributed by atoms with E-state index in [1.807, 2.05) is 24.1 Å². The molecule has 0 radical (unpaired) electrons. The normalized spacial score (nSPS) is 25.0. The average Bonchev–Trinajstić information content (AvgIpc) is 3.26. The van der Waals surface area contributed by atoms with Crippen LogP contribution >= 0.6 is 11.6 Å². The molecule has 3 atom stereocenters. The van der Waals surface area contributed by atoms with Crippen LogP contribution in [0.25, 0.3) is 0 Å². The number of hydrogen-bond acceptors (Lipinski definition) is 2. The van der Waals surface area contributed by atoms with Crippen molar-refractivity contribution < 1.29 is 4.79 Å². The minimum Gasteiger partial charge on any atom is -0.342 e. The monoisotopic (exact) mass is 334 g/mol. The number of amides is 1. The second kappa shape index (κ2) is 6.45. The Morgan fingerprint density at radius 3 is 2.48 bits per heavy atom. The predicted molar refractivity (Wildman–Crippen MR) is 94.7 cm³/mol. The van der Waals surface area contributed by atoms with Crippen LogP contribution in [-0.2, 0) is 4.79 Å². The first-order valence-corrected chi connectivity index (χ1v) is 9.05. The van der Waals surface area contributed by atoms with E-state index in [1.54, 1.807) is 0 Å².